The number of benzene rings is 1. The van der Waals surface area contributed by atoms with Crippen molar-refractivity contribution in [1.82, 2.24) is 10.3 Å². The van der Waals surface area contributed by atoms with E-state index in [1.54, 1.807) is 12.3 Å². The minimum Gasteiger partial charge on any atom is -0.437 e. The normalized spacial score (nSPS) is 10.8. The lowest BCUT2D eigenvalue weighted by molar-refractivity contribution is 0.450. The second-order valence-corrected chi connectivity index (χ2v) is 6.01. The first-order valence-corrected chi connectivity index (χ1v) is 7.53. The highest BCUT2D eigenvalue weighted by molar-refractivity contribution is 9.10. The molecule has 1 aromatic heterocycles. The zero-order valence-electron chi connectivity index (χ0n) is 11.4. The molecule has 0 amide bonds. The van der Waals surface area contributed by atoms with Crippen LogP contribution in [-0.4, -0.2) is 11.0 Å². The molecule has 106 valence electrons. The van der Waals surface area contributed by atoms with Gasteiger partial charge in [-0.2, -0.15) is 0 Å². The van der Waals surface area contributed by atoms with Crippen LogP contribution in [0.2, 0.25) is 5.02 Å². The van der Waals surface area contributed by atoms with Gasteiger partial charge in [-0.25, -0.2) is 4.98 Å². The summed E-state index contributed by atoms with van der Waals surface area (Å²) in [6, 6.07) is 9.75. The van der Waals surface area contributed by atoms with Gasteiger partial charge < -0.3 is 10.1 Å². The van der Waals surface area contributed by atoms with Crippen molar-refractivity contribution in [2.24, 2.45) is 0 Å². The maximum atomic E-state index is 6.11. The van der Waals surface area contributed by atoms with Gasteiger partial charge in [0.05, 0.1) is 5.02 Å². The summed E-state index contributed by atoms with van der Waals surface area (Å²) >= 11 is 9.54. The fraction of sp³-hybridized carbons (Fsp3) is 0.267. The molecule has 1 heterocycles. The van der Waals surface area contributed by atoms with E-state index in [2.05, 4.69) is 40.1 Å². The molecule has 0 spiro atoms. The molecule has 0 bridgehead atoms. The van der Waals surface area contributed by atoms with E-state index in [1.165, 1.54) is 0 Å². The summed E-state index contributed by atoms with van der Waals surface area (Å²) in [5.41, 5.74) is 0.980. The van der Waals surface area contributed by atoms with Gasteiger partial charge in [-0.05, 0) is 34.1 Å². The van der Waals surface area contributed by atoms with E-state index in [0.29, 0.717) is 29.2 Å². The SMILES string of the molecule is CC(C)NCc1cc(Br)cnc1Oc1ccccc1Cl. The van der Waals surface area contributed by atoms with Crippen LogP contribution < -0.4 is 10.1 Å². The number of aromatic nitrogens is 1. The van der Waals surface area contributed by atoms with Crippen molar-refractivity contribution in [3.63, 3.8) is 0 Å². The Hall–Kier alpha value is -1.10. The molecule has 5 heteroatoms. The Bertz CT molecular complexity index is 590. The van der Waals surface area contributed by atoms with Crippen LogP contribution in [0.25, 0.3) is 0 Å². The van der Waals surface area contributed by atoms with Crippen LogP contribution in [0, 0.1) is 0 Å². The summed E-state index contributed by atoms with van der Waals surface area (Å²) in [5.74, 6) is 1.17. The first kappa shape index (κ1) is 15.3. The number of hydrogen-bond acceptors (Lipinski definition) is 3. The number of hydrogen-bond donors (Lipinski definition) is 1. The summed E-state index contributed by atoms with van der Waals surface area (Å²) < 4.78 is 6.74. The zero-order valence-corrected chi connectivity index (χ0v) is 13.7. The van der Waals surface area contributed by atoms with E-state index in [1.807, 2.05) is 24.3 Å². The lowest BCUT2D eigenvalue weighted by Crippen LogP contribution is -2.22. The van der Waals surface area contributed by atoms with E-state index < -0.39 is 0 Å². The molecule has 0 fully saturated rings. The third-order valence-electron chi connectivity index (χ3n) is 2.64. The molecule has 0 unspecified atom stereocenters. The van der Waals surface area contributed by atoms with Gasteiger partial charge in [0.1, 0.15) is 5.75 Å². The number of ether oxygens (including phenoxy) is 1. The number of pyridine rings is 1. The van der Waals surface area contributed by atoms with Crippen molar-refractivity contribution in [1.29, 1.82) is 0 Å². The standard InChI is InChI=1S/C15H16BrClN2O/c1-10(2)18-8-11-7-12(16)9-19-15(11)20-14-6-4-3-5-13(14)17/h3-7,9-10,18H,8H2,1-2H3. The molecule has 0 atom stereocenters. The van der Waals surface area contributed by atoms with Crippen LogP contribution in [0.3, 0.4) is 0 Å². The van der Waals surface area contributed by atoms with E-state index >= 15 is 0 Å². The summed E-state index contributed by atoms with van der Waals surface area (Å²) in [5, 5.41) is 3.93. The Morgan fingerprint density at radius 3 is 2.80 bits per heavy atom. The van der Waals surface area contributed by atoms with Crippen molar-refractivity contribution in [2.45, 2.75) is 26.4 Å². The first-order chi connectivity index (χ1) is 9.56. The third kappa shape index (κ3) is 4.20. The van der Waals surface area contributed by atoms with Gasteiger partial charge in [0.15, 0.2) is 0 Å². The van der Waals surface area contributed by atoms with Crippen molar-refractivity contribution in [2.75, 3.05) is 0 Å². The highest BCUT2D eigenvalue weighted by Gasteiger charge is 2.10. The highest BCUT2D eigenvalue weighted by Crippen LogP contribution is 2.30. The van der Waals surface area contributed by atoms with Crippen LogP contribution in [0.15, 0.2) is 41.0 Å². The molecule has 0 aliphatic heterocycles. The topological polar surface area (TPSA) is 34.2 Å². The molecule has 2 aromatic rings. The Morgan fingerprint density at radius 2 is 2.10 bits per heavy atom. The fourth-order valence-corrected chi connectivity index (χ4v) is 2.19. The van der Waals surface area contributed by atoms with E-state index in [9.17, 15) is 0 Å². The van der Waals surface area contributed by atoms with Crippen molar-refractivity contribution in [3.05, 3.63) is 51.6 Å². The summed E-state index contributed by atoms with van der Waals surface area (Å²) in [6.07, 6.45) is 1.71. The van der Waals surface area contributed by atoms with Crippen molar-refractivity contribution in [3.8, 4) is 11.6 Å². The Balaban J connectivity index is 2.24. The first-order valence-electron chi connectivity index (χ1n) is 6.36. The number of para-hydroxylation sites is 1. The average Bonchev–Trinajstić information content (AvgIpc) is 2.41. The van der Waals surface area contributed by atoms with Crippen molar-refractivity contribution < 1.29 is 4.74 Å². The lowest BCUT2D eigenvalue weighted by atomic mass is 10.2. The van der Waals surface area contributed by atoms with Crippen LogP contribution >= 0.6 is 27.5 Å². The second kappa shape index (κ2) is 7.07. The van der Waals surface area contributed by atoms with Gasteiger partial charge in [-0.1, -0.05) is 37.6 Å². The van der Waals surface area contributed by atoms with Crippen LogP contribution in [-0.2, 0) is 6.54 Å². The highest BCUT2D eigenvalue weighted by atomic mass is 79.9. The van der Waals surface area contributed by atoms with E-state index in [4.69, 9.17) is 16.3 Å². The molecule has 0 saturated carbocycles. The Morgan fingerprint density at radius 1 is 1.35 bits per heavy atom. The monoisotopic (exact) mass is 354 g/mol. The van der Waals surface area contributed by atoms with E-state index in [-0.39, 0.29) is 0 Å². The molecule has 3 nitrogen and oxygen atoms in total. The zero-order chi connectivity index (χ0) is 14.5. The largest absolute Gasteiger partial charge is 0.437 e. The van der Waals surface area contributed by atoms with Crippen LogP contribution in [0.1, 0.15) is 19.4 Å². The quantitative estimate of drug-likeness (QED) is 0.837. The molecule has 0 saturated heterocycles. The van der Waals surface area contributed by atoms with Gasteiger partial charge >= 0.3 is 0 Å². The summed E-state index contributed by atoms with van der Waals surface area (Å²) in [7, 11) is 0. The van der Waals surface area contributed by atoms with Crippen LogP contribution in [0.4, 0.5) is 0 Å². The lowest BCUT2D eigenvalue weighted by Gasteiger charge is -2.13. The fourth-order valence-electron chi connectivity index (χ4n) is 1.63. The van der Waals surface area contributed by atoms with Crippen LogP contribution in [0.5, 0.6) is 11.6 Å². The average molecular weight is 356 g/mol. The minimum atomic E-state index is 0.391. The number of rotatable bonds is 5. The number of nitrogens with one attached hydrogen (secondary N) is 1. The minimum absolute atomic E-state index is 0.391. The maximum Gasteiger partial charge on any atom is 0.223 e. The molecule has 2 rings (SSSR count). The van der Waals surface area contributed by atoms with E-state index in [0.717, 1.165) is 10.0 Å². The number of nitrogens with zero attached hydrogens (tertiary/aromatic N) is 1. The molecular weight excluding hydrogens is 340 g/mol. The molecule has 1 N–H and O–H groups in total. The summed E-state index contributed by atoms with van der Waals surface area (Å²) in [4.78, 5) is 4.32. The Kier molecular flexibility index (Phi) is 5.40. The molecule has 20 heavy (non-hydrogen) atoms. The molecule has 0 aliphatic rings. The van der Waals surface area contributed by atoms with Crippen molar-refractivity contribution >= 4 is 27.5 Å². The maximum absolute atomic E-state index is 6.11. The third-order valence-corrected chi connectivity index (χ3v) is 3.38. The number of halogens is 2. The van der Waals surface area contributed by atoms with Gasteiger partial charge in [0.25, 0.3) is 0 Å². The second-order valence-electron chi connectivity index (χ2n) is 4.69. The predicted octanol–water partition coefficient (Wildman–Crippen LogP) is 4.79. The molecule has 0 aliphatic carbocycles. The molecular formula is C15H16BrClN2O. The molecule has 0 radical (unpaired) electrons. The Labute approximate surface area is 132 Å². The van der Waals surface area contributed by atoms with Gasteiger partial charge in [0.2, 0.25) is 5.88 Å². The smallest absolute Gasteiger partial charge is 0.223 e. The van der Waals surface area contributed by atoms with Gasteiger partial charge in [-0.15, -0.1) is 0 Å². The van der Waals surface area contributed by atoms with Gasteiger partial charge in [-0.3, -0.25) is 0 Å². The summed E-state index contributed by atoms with van der Waals surface area (Å²) in [6.45, 7) is 4.88. The van der Waals surface area contributed by atoms with Gasteiger partial charge in [0, 0.05) is 28.8 Å². The predicted molar refractivity (Wildman–Crippen MR) is 85.4 cm³/mol. The molecule has 1 aromatic carbocycles.